The summed E-state index contributed by atoms with van der Waals surface area (Å²) in [4.78, 5) is 12.3. The molecule has 0 bridgehead atoms. The van der Waals surface area contributed by atoms with Crippen molar-refractivity contribution < 1.29 is 0 Å². The van der Waals surface area contributed by atoms with E-state index in [1.165, 1.54) is 25.7 Å². The van der Waals surface area contributed by atoms with Gasteiger partial charge < -0.3 is 16.5 Å². The zero-order valence-electron chi connectivity index (χ0n) is 11.2. The molecule has 1 aliphatic carbocycles. The van der Waals surface area contributed by atoms with Gasteiger partial charge in [-0.1, -0.05) is 25.7 Å². The van der Waals surface area contributed by atoms with Crippen LogP contribution in [-0.4, -0.2) is 21.5 Å². The number of aromatic nitrogens is 3. The monoisotopic (exact) mass is 259 g/mol. The Hall–Kier alpha value is -1.62. The zero-order chi connectivity index (χ0) is 13.3. The summed E-state index contributed by atoms with van der Waals surface area (Å²) < 4.78 is 0. The van der Waals surface area contributed by atoms with E-state index in [-0.39, 0.29) is 5.41 Å². The number of fused-ring (bicyclic) bond motifs is 1. The molecule has 0 radical (unpaired) electrons. The van der Waals surface area contributed by atoms with Gasteiger partial charge in [-0.15, -0.1) is 0 Å². The fourth-order valence-electron chi connectivity index (χ4n) is 3.10. The maximum Gasteiger partial charge on any atom is 0.179 e. The standard InChI is InChI=1S/C14H21N5/c15-9-14(7-3-1-2-4-8-14)13-17-10-5-6-11(16)18-12(10)19-13/h5-6H,1-4,7-9,15H2,(H3,16,17,18,19). The number of anilines is 1. The van der Waals surface area contributed by atoms with Crippen LogP contribution < -0.4 is 11.5 Å². The third-order valence-corrected chi connectivity index (χ3v) is 4.32. The van der Waals surface area contributed by atoms with Gasteiger partial charge in [-0.2, -0.15) is 0 Å². The Balaban J connectivity index is 2.04. The predicted molar refractivity (Wildman–Crippen MR) is 76.7 cm³/mol. The summed E-state index contributed by atoms with van der Waals surface area (Å²) in [6, 6.07) is 3.74. The van der Waals surface area contributed by atoms with E-state index < -0.39 is 0 Å². The van der Waals surface area contributed by atoms with Crippen LogP contribution in [0.2, 0.25) is 0 Å². The average Bonchev–Trinajstić information content (AvgIpc) is 2.69. The van der Waals surface area contributed by atoms with E-state index >= 15 is 0 Å². The Morgan fingerprint density at radius 3 is 2.53 bits per heavy atom. The molecule has 102 valence electrons. The summed E-state index contributed by atoms with van der Waals surface area (Å²) in [6.45, 7) is 0.641. The lowest BCUT2D eigenvalue weighted by Crippen LogP contribution is -2.35. The third-order valence-electron chi connectivity index (χ3n) is 4.32. The molecular formula is C14H21N5. The first kappa shape index (κ1) is 12.4. The molecule has 2 heterocycles. The molecule has 5 nitrogen and oxygen atoms in total. The fourth-order valence-corrected chi connectivity index (χ4v) is 3.10. The summed E-state index contributed by atoms with van der Waals surface area (Å²) in [5.74, 6) is 1.50. The number of imidazole rings is 1. The molecule has 5 heteroatoms. The molecule has 0 aromatic carbocycles. The predicted octanol–water partition coefficient (Wildman–Crippen LogP) is 2.09. The average molecular weight is 259 g/mol. The topological polar surface area (TPSA) is 93.6 Å². The molecule has 0 atom stereocenters. The number of aromatic amines is 1. The molecule has 5 N–H and O–H groups in total. The van der Waals surface area contributed by atoms with E-state index in [4.69, 9.17) is 11.5 Å². The Morgan fingerprint density at radius 1 is 1.11 bits per heavy atom. The largest absolute Gasteiger partial charge is 0.384 e. The van der Waals surface area contributed by atoms with Gasteiger partial charge in [-0.05, 0) is 25.0 Å². The maximum atomic E-state index is 6.09. The van der Waals surface area contributed by atoms with Crippen LogP contribution in [0.15, 0.2) is 12.1 Å². The van der Waals surface area contributed by atoms with Crippen molar-refractivity contribution in [3.05, 3.63) is 18.0 Å². The molecule has 0 amide bonds. The van der Waals surface area contributed by atoms with Crippen molar-refractivity contribution in [1.82, 2.24) is 15.0 Å². The normalized spacial score (nSPS) is 19.4. The number of nitrogens with zero attached hydrogens (tertiary/aromatic N) is 2. The van der Waals surface area contributed by atoms with Crippen molar-refractivity contribution in [3.8, 4) is 0 Å². The minimum absolute atomic E-state index is 0.00797. The van der Waals surface area contributed by atoms with Crippen LogP contribution in [0.5, 0.6) is 0 Å². The quantitative estimate of drug-likeness (QED) is 0.720. The van der Waals surface area contributed by atoms with Crippen molar-refractivity contribution in [2.24, 2.45) is 5.73 Å². The number of hydrogen-bond donors (Lipinski definition) is 3. The summed E-state index contributed by atoms with van der Waals surface area (Å²) in [6.07, 6.45) is 7.27. The molecule has 3 rings (SSSR count). The van der Waals surface area contributed by atoms with E-state index in [1.807, 2.05) is 6.07 Å². The molecule has 0 unspecified atom stereocenters. The number of rotatable bonds is 2. The van der Waals surface area contributed by atoms with Gasteiger partial charge in [0, 0.05) is 12.0 Å². The first-order valence-electron chi connectivity index (χ1n) is 7.06. The maximum absolute atomic E-state index is 6.09. The van der Waals surface area contributed by atoms with Crippen LogP contribution in [0.1, 0.15) is 44.3 Å². The first-order valence-corrected chi connectivity index (χ1v) is 7.06. The zero-order valence-corrected chi connectivity index (χ0v) is 11.2. The van der Waals surface area contributed by atoms with Gasteiger partial charge in [0.1, 0.15) is 11.6 Å². The van der Waals surface area contributed by atoms with Gasteiger partial charge in [-0.3, -0.25) is 0 Å². The number of H-pyrrole nitrogens is 1. The van der Waals surface area contributed by atoms with E-state index in [0.717, 1.165) is 24.2 Å². The van der Waals surface area contributed by atoms with Crippen LogP contribution in [0.4, 0.5) is 5.82 Å². The molecule has 2 aromatic heterocycles. The molecule has 1 saturated carbocycles. The number of nitrogens with two attached hydrogens (primary N) is 2. The van der Waals surface area contributed by atoms with Crippen LogP contribution in [0, 0.1) is 0 Å². The van der Waals surface area contributed by atoms with Gasteiger partial charge in [0.2, 0.25) is 0 Å². The van der Waals surface area contributed by atoms with Crippen LogP contribution in [-0.2, 0) is 5.41 Å². The van der Waals surface area contributed by atoms with E-state index in [1.54, 1.807) is 6.07 Å². The van der Waals surface area contributed by atoms with Crippen molar-refractivity contribution >= 4 is 17.0 Å². The minimum Gasteiger partial charge on any atom is -0.384 e. The van der Waals surface area contributed by atoms with E-state index in [0.29, 0.717) is 18.0 Å². The Kier molecular flexibility index (Phi) is 3.14. The number of pyridine rings is 1. The second-order valence-corrected chi connectivity index (χ2v) is 5.59. The summed E-state index contributed by atoms with van der Waals surface area (Å²) in [5.41, 5.74) is 13.4. The molecule has 19 heavy (non-hydrogen) atoms. The molecule has 2 aromatic rings. The van der Waals surface area contributed by atoms with Crippen molar-refractivity contribution in [1.29, 1.82) is 0 Å². The molecule has 0 aliphatic heterocycles. The summed E-state index contributed by atoms with van der Waals surface area (Å²) >= 11 is 0. The highest BCUT2D eigenvalue weighted by atomic mass is 15.0. The van der Waals surface area contributed by atoms with Gasteiger partial charge >= 0.3 is 0 Å². The molecule has 0 spiro atoms. The van der Waals surface area contributed by atoms with Crippen molar-refractivity contribution in [3.63, 3.8) is 0 Å². The number of hydrogen-bond acceptors (Lipinski definition) is 4. The smallest absolute Gasteiger partial charge is 0.179 e. The lowest BCUT2D eigenvalue weighted by atomic mass is 9.79. The fraction of sp³-hybridized carbons (Fsp3) is 0.571. The van der Waals surface area contributed by atoms with E-state index in [9.17, 15) is 0 Å². The molecular weight excluding hydrogens is 238 g/mol. The Labute approximate surface area is 112 Å². The van der Waals surface area contributed by atoms with Crippen LogP contribution in [0.3, 0.4) is 0 Å². The number of nitrogens with one attached hydrogen (secondary N) is 1. The van der Waals surface area contributed by atoms with Gasteiger partial charge in [0.15, 0.2) is 5.65 Å². The van der Waals surface area contributed by atoms with Gasteiger partial charge in [0.05, 0.1) is 5.52 Å². The first-order chi connectivity index (χ1) is 9.23. The third kappa shape index (κ3) is 2.18. The Bertz CT molecular complexity index is 566. The van der Waals surface area contributed by atoms with E-state index in [2.05, 4.69) is 15.0 Å². The summed E-state index contributed by atoms with van der Waals surface area (Å²) in [5, 5.41) is 0. The van der Waals surface area contributed by atoms with Crippen molar-refractivity contribution in [2.45, 2.75) is 43.9 Å². The molecule has 1 fully saturated rings. The minimum atomic E-state index is -0.00797. The second-order valence-electron chi connectivity index (χ2n) is 5.59. The lowest BCUT2D eigenvalue weighted by molar-refractivity contribution is 0.362. The van der Waals surface area contributed by atoms with Crippen LogP contribution in [0.25, 0.3) is 11.2 Å². The lowest BCUT2D eigenvalue weighted by Gasteiger charge is -2.28. The highest BCUT2D eigenvalue weighted by molar-refractivity contribution is 5.72. The summed E-state index contributed by atoms with van der Waals surface area (Å²) in [7, 11) is 0. The van der Waals surface area contributed by atoms with Crippen LogP contribution >= 0.6 is 0 Å². The molecule has 0 saturated heterocycles. The SMILES string of the molecule is NCC1(c2nc3nc(N)ccc3[nH]2)CCCCCC1. The second kappa shape index (κ2) is 4.81. The Morgan fingerprint density at radius 2 is 1.84 bits per heavy atom. The highest BCUT2D eigenvalue weighted by Crippen LogP contribution is 2.36. The molecule has 1 aliphatic rings. The highest BCUT2D eigenvalue weighted by Gasteiger charge is 2.34. The van der Waals surface area contributed by atoms with Crippen molar-refractivity contribution in [2.75, 3.05) is 12.3 Å². The van der Waals surface area contributed by atoms with Gasteiger partial charge in [0.25, 0.3) is 0 Å². The number of nitrogen functional groups attached to an aromatic ring is 1. The van der Waals surface area contributed by atoms with Gasteiger partial charge in [-0.25, -0.2) is 9.97 Å².